The quantitative estimate of drug-likeness (QED) is 0.769. The average Bonchev–Trinajstić information content (AvgIpc) is 2.49. The van der Waals surface area contributed by atoms with Crippen molar-refractivity contribution in [2.75, 3.05) is 19.7 Å². The van der Waals surface area contributed by atoms with Gasteiger partial charge in [-0.05, 0) is 18.6 Å². The highest BCUT2D eigenvalue weighted by molar-refractivity contribution is 5.82. The van der Waals surface area contributed by atoms with Crippen LogP contribution in [0.25, 0.3) is 10.9 Å². The number of likely N-dealkylation sites (N-methyl/N-ethyl adjacent to an activating group) is 1. The lowest BCUT2D eigenvalue weighted by Gasteiger charge is -2.20. The van der Waals surface area contributed by atoms with Crippen LogP contribution in [0.1, 0.15) is 12.5 Å². The molecule has 1 aromatic carbocycles. The van der Waals surface area contributed by atoms with Crippen LogP contribution in [0.15, 0.2) is 35.1 Å². The molecular weight excluding hydrogens is 270 g/mol. The minimum atomic E-state index is -0.254. The number of pyridine rings is 1. The van der Waals surface area contributed by atoms with Gasteiger partial charge in [-0.3, -0.25) is 4.79 Å². The van der Waals surface area contributed by atoms with Gasteiger partial charge in [-0.2, -0.15) is 0 Å². The molecule has 0 spiro atoms. The normalized spacial score (nSPS) is 10.6. The van der Waals surface area contributed by atoms with Gasteiger partial charge in [0.2, 0.25) is 5.56 Å². The number of para-hydroxylation sites is 1. The largest absolute Gasteiger partial charge is 0.395 e. The molecule has 3 N–H and O–H groups in total. The Labute approximate surface area is 122 Å². The first kappa shape index (κ1) is 15.1. The number of H-pyrrole nitrogens is 1. The van der Waals surface area contributed by atoms with Gasteiger partial charge in [0.05, 0.1) is 6.61 Å². The zero-order valence-corrected chi connectivity index (χ0v) is 11.9. The Kier molecular flexibility index (Phi) is 4.94. The lowest BCUT2D eigenvalue weighted by Crippen LogP contribution is -2.41. The number of nitrogens with zero attached hydrogens (tertiary/aromatic N) is 1. The van der Waals surface area contributed by atoms with Crippen molar-refractivity contribution in [3.05, 3.63) is 46.2 Å². The van der Waals surface area contributed by atoms with Crippen molar-refractivity contribution in [2.45, 2.75) is 13.5 Å². The second-order valence-electron chi connectivity index (χ2n) is 4.67. The number of benzene rings is 1. The van der Waals surface area contributed by atoms with Crippen LogP contribution in [0.2, 0.25) is 0 Å². The van der Waals surface area contributed by atoms with Gasteiger partial charge in [0.25, 0.3) is 0 Å². The molecule has 0 fully saturated rings. The number of nitrogens with one attached hydrogen (secondary N) is 2. The summed E-state index contributed by atoms with van der Waals surface area (Å²) in [7, 11) is 0. The molecule has 0 aliphatic carbocycles. The summed E-state index contributed by atoms with van der Waals surface area (Å²) in [6.45, 7) is 2.85. The predicted octanol–water partition coefficient (Wildman–Crippen LogP) is 1.05. The zero-order valence-electron chi connectivity index (χ0n) is 11.9. The Hall–Kier alpha value is -2.34. The van der Waals surface area contributed by atoms with Crippen LogP contribution in [0.3, 0.4) is 0 Å². The molecule has 112 valence electrons. The molecule has 0 radical (unpaired) electrons. The van der Waals surface area contributed by atoms with Crippen molar-refractivity contribution in [2.24, 2.45) is 0 Å². The van der Waals surface area contributed by atoms with Crippen molar-refractivity contribution in [3.8, 4) is 0 Å². The number of aliphatic hydroxyl groups excluding tert-OH is 1. The molecule has 0 saturated heterocycles. The third-order valence-corrected chi connectivity index (χ3v) is 3.31. The minimum Gasteiger partial charge on any atom is -0.395 e. The van der Waals surface area contributed by atoms with Gasteiger partial charge in [0.15, 0.2) is 0 Å². The molecule has 2 amide bonds. The Morgan fingerprint density at radius 2 is 2.14 bits per heavy atom. The van der Waals surface area contributed by atoms with Gasteiger partial charge in [0.1, 0.15) is 0 Å². The second-order valence-corrected chi connectivity index (χ2v) is 4.67. The lowest BCUT2D eigenvalue weighted by atomic mass is 10.1. The topological polar surface area (TPSA) is 85.4 Å². The van der Waals surface area contributed by atoms with E-state index in [2.05, 4.69) is 10.3 Å². The molecule has 0 unspecified atom stereocenters. The average molecular weight is 289 g/mol. The van der Waals surface area contributed by atoms with Crippen LogP contribution in [0, 0.1) is 0 Å². The van der Waals surface area contributed by atoms with Crippen molar-refractivity contribution >= 4 is 16.9 Å². The van der Waals surface area contributed by atoms with Gasteiger partial charge in [-0.1, -0.05) is 18.2 Å². The van der Waals surface area contributed by atoms with Gasteiger partial charge < -0.3 is 20.3 Å². The molecular formula is C15H19N3O3. The summed E-state index contributed by atoms with van der Waals surface area (Å²) in [6.07, 6.45) is 0. The maximum atomic E-state index is 12.0. The van der Waals surface area contributed by atoms with E-state index in [-0.39, 0.29) is 24.7 Å². The number of urea groups is 1. The Balaban J connectivity index is 2.17. The predicted molar refractivity (Wildman–Crippen MR) is 81.1 cm³/mol. The Morgan fingerprint density at radius 1 is 1.38 bits per heavy atom. The number of hydrogen-bond donors (Lipinski definition) is 3. The van der Waals surface area contributed by atoms with Crippen molar-refractivity contribution in [3.63, 3.8) is 0 Å². The molecule has 2 aromatic rings. The van der Waals surface area contributed by atoms with E-state index in [0.717, 1.165) is 16.5 Å². The maximum Gasteiger partial charge on any atom is 0.317 e. The van der Waals surface area contributed by atoms with Crippen LogP contribution in [0.5, 0.6) is 0 Å². The highest BCUT2D eigenvalue weighted by Crippen LogP contribution is 2.14. The van der Waals surface area contributed by atoms with Crippen molar-refractivity contribution in [1.29, 1.82) is 0 Å². The summed E-state index contributed by atoms with van der Waals surface area (Å²) >= 11 is 0. The van der Waals surface area contributed by atoms with E-state index < -0.39 is 0 Å². The van der Waals surface area contributed by atoms with Gasteiger partial charge in [-0.25, -0.2) is 4.79 Å². The van der Waals surface area contributed by atoms with Gasteiger partial charge in [-0.15, -0.1) is 0 Å². The summed E-state index contributed by atoms with van der Waals surface area (Å²) < 4.78 is 0. The zero-order chi connectivity index (χ0) is 15.2. The number of aromatic nitrogens is 1. The summed E-state index contributed by atoms with van der Waals surface area (Å²) in [4.78, 5) is 27.9. The summed E-state index contributed by atoms with van der Waals surface area (Å²) in [5.41, 5.74) is 1.32. The number of carbonyl (C=O) groups is 1. The highest BCUT2D eigenvalue weighted by Gasteiger charge is 2.11. The monoisotopic (exact) mass is 289 g/mol. The molecule has 21 heavy (non-hydrogen) atoms. The van der Waals surface area contributed by atoms with Crippen LogP contribution < -0.4 is 10.9 Å². The molecule has 0 aliphatic heterocycles. The molecule has 1 heterocycles. The van der Waals surface area contributed by atoms with Crippen molar-refractivity contribution in [1.82, 2.24) is 15.2 Å². The summed E-state index contributed by atoms with van der Waals surface area (Å²) in [6, 6.07) is 8.70. The number of rotatable bonds is 5. The highest BCUT2D eigenvalue weighted by atomic mass is 16.3. The number of aromatic amines is 1. The fourth-order valence-corrected chi connectivity index (χ4v) is 2.23. The molecule has 0 saturated carbocycles. The van der Waals surface area contributed by atoms with Crippen LogP contribution in [-0.4, -0.2) is 40.7 Å². The molecule has 2 rings (SSSR count). The maximum absolute atomic E-state index is 12.0. The number of fused-ring (bicyclic) bond motifs is 1. The van der Waals surface area contributed by atoms with E-state index in [1.807, 2.05) is 31.2 Å². The Morgan fingerprint density at radius 3 is 2.86 bits per heavy atom. The Bertz CT molecular complexity index is 681. The minimum absolute atomic E-state index is 0.0742. The first-order chi connectivity index (χ1) is 10.2. The van der Waals surface area contributed by atoms with Crippen LogP contribution >= 0.6 is 0 Å². The molecule has 6 nitrogen and oxygen atoms in total. The fourth-order valence-electron chi connectivity index (χ4n) is 2.23. The number of aliphatic hydroxyl groups is 1. The molecule has 0 bridgehead atoms. The number of hydrogen-bond acceptors (Lipinski definition) is 3. The summed E-state index contributed by atoms with van der Waals surface area (Å²) in [5, 5.41) is 12.6. The smallest absolute Gasteiger partial charge is 0.317 e. The second kappa shape index (κ2) is 6.90. The SMILES string of the molecule is CCN(CCO)C(=O)NCc1cc(=O)[nH]c2ccccc12. The van der Waals surface area contributed by atoms with Gasteiger partial charge in [0, 0.05) is 36.6 Å². The number of carbonyl (C=O) groups excluding carboxylic acids is 1. The van der Waals surface area contributed by atoms with E-state index in [1.165, 1.54) is 11.0 Å². The van der Waals surface area contributed by atoms with E-state index in [0.29, 0.717) is 13.1 Å². The molecule has 0 aliphatic rings. The fraction of sp³-hybridized carbons (Fsp3) is 0.333. The standard InChI is InChI=1S/C15H19N3O3/c1-2-18(7-8-19)15(21)16-10-11-9-14(20)17-13-6-4-3-5-12(11)13/h3-6,9,19H,2,7-8,10H2,1H3,(H,16,21)(H,17,20). The molecule has 6 heteroatoms. The number of amides is 2. The van der Waals surface area contributed by atoms with E-state index >= 15 is 0 Å². The van der Waals surface area contributed by atoms with Crippen LogP contribution in [0.4, 0.5) is 4.79 Å². The third-order valence-electron chi connectivity index (χ3n) is 3.31. The molecule has 0 atom stereocenters. The van der Waals surface area contributed by atoms with E-state index in [9.17, 15) is 9.59 Å². The van der Waals surface area contributed by atoms with Gasteiger partial charge >= 0.3 is 6.03 Å². The third kappa shape index (κ3) is 3.61. The van der Waals surface area contributed by atoms with E-state index in [1.54, 1.807) is 0 Å². The molecule has 1 aromatic heterocycles. The van der Waals surface area contributed by atoms with Crippen molar-refractivity contribution < 1.29 is 9.90 Å². The summed E-state index contributed by atoms with van der Waals surface area (Å²) in [5.74, 6) is 0. The first-order valence-electron chi connectivity index (χ1n) is 6.90. The lowest BCUT2D eigenvalue weighted by molar-refractivity contribution is 0.180. The van der Waals surface area contributed by atoms with E-state index in [4.69, 9.17) is 5.11 Å². The first-order valence-corrected chi connectivity index (χ1v) is 6.90. The van der Waals surface area contributed by atoms with Crippen LogP contribution in [-0.2, 0) is 6.54 Å².